The SMILES string of the molecule is CCC(=O)CCc1ccc(OC2CC(NC(C)S)C2)nc1. The topological polar surface area (TPSA) is 51.2 Å². The number of aromatic nitrogens is 1. The van der Waals surface area contributed by atoms with Crippen LogP contribution in [0.3, 0.4) is 0 Å². The van der Waals surface area contributed by atoms with E-state index in [0.29, 0.717) is 30.5 Å². The zero-order valence-electron chi connectivity index (χ0n) is 12.7. The van der Waals surface area contributed by atoms with Gasteiger partial charge in [0.1, 0.15) is 11.9 Å². The van der Waals surface area contributed by atoms with E-state index in [-0.39, 0.29) is 11.5 Å². The lowest BCUT2D eigenvalue weighted by molar-refractivity contribution is -0.118. The Morgan fingerprint density at radius 1 is 1.52 bits per heavy atom. The fourth-order valence-corrected chi connectivity index (χ4v) is 2.61. The number of ketones is 1. The zero-order chi connectivity index (χ0) is 15.2. The van der Waals surface area contributed by atoms with E-state index in [1.165, 1.54) is 0 Å². The Morgan fingerprint density at radius 2 is 2.29 bits per heavy atom. The molecule has 116 valence electrons. The number of nitrogens with zero attached hydrogens (tertiary/aromatic N) is 1. The highest BCUT2D eigenvalue weighted by molar-refractivity contribution is 7.80. The lowest BCUT2D eigenvalue weighted by Gasteiger charge is -2.36. The van der Waals surface area contributed by atoms with Crippen molar-refractivity contribution in [3.05, 3.63) is 23.9 Å². The predicted octanol–water partition coefficient (Wildman–Crippen LogP) is 2.77. The van der Waals surface area contributed by atoms with Gasteiger partial charge < -0.3 is 10.1 Å². The van der Waals surface area contributed by atoms with Crippen LogP contribution in [0, 0.1) is 0 Å². The summed E-state index contributed by atoms with van der Waals surface area (Å²) in [7, 11) is 0. The highest BCUT2D eigenvalue weighted by Gasteiger charge is 2.31. The highest BCUT2D eigenvalue weighted by atomic mass is 32.1. The third-order valence-corrected chi connectivity index (χ3v) is 3.89. The van der Waals surface area contributed by atoms with Crippen LogP contribution in [-0.2, 0) is 11.2 Å². The van der Waals surface area contributed by atoms with E-state index < -0.39 is 0 Å². The van der Waals surface area contributed by atoms with Gasteiger partial charge in [-0.3, -0.25) is 4.79 Å². The zero-order valence-corrected chi connectivity index (χ0v) is 13.6. The number of carbonyl (C=O) groups excluding carboxylic acids is 1. The Labute approximate surface area is 132 Å². The lowest BCUT2D eigenvalue weighted by Crippen LogP contribution is -2.48. The third kappa shape index (κ3) is 5.32. The first-order chi connectivity index (χ1) is 10.1. The largest absolute Gasteiger partial charge is 0.474 e. The molecule has 1 aromatic heterocycles. The smallest absolute Gasteiger partial charge is 0.213 e. The number of aryl methyl sites for hydroxylation is 1. The maximum Gasteiger partial charge on any atom is 0.213 e. The third-order valence-electron chi connectivity index (χ3n) is 3.74. The average Bonchev–Trinajstić information content (AvgIpc) is 2.43. The number of hydrogen-bond acceptors (Lipinski definition) is 5. The second-order valence-electron chi connectivity index (χ2n) is 5.65. The Balaban J connectivity index is 1.72. The molecule has 0 radical (unpaired) electrons. The summed E-state index contributed by atoms with van der Waals surface area (Å²) in [6, 6.07) is 4.39. The number of rotatable bonds is 8. The summed E-state index contributed by atoms with van der Waals surface area (Å²) in [6.45, 7) is 3.92. The average molecular weight is 308 g/mol. The number of pyridine rings is 1. The van der Waals surface area contributed by atoms with Gasteiger partial charge in [-0.2, -0.15) is 12.6 Å². The van der Waals surface area contributed by atoms with Crippen LogP contribution in [-0.4, -0.2) is 28.3 Å². The van der Waals surface area contributed by atoms with E-state index in [0.717, 1.165) is 24.8 Å². The molecule has 0 spiro atoms. The van der Waals surface area contributed by atoms with Gasteiger partial charge in [-0.05, 0) is 31.7 Å². The number of Topliss-reactive ketones (excluding diaryl/α,β-unsaturated/α-hetero) is 1. The van der Waals surface area contributed by atoms with Crippen molar-refractivity contribution in [1.29, 1.82) is 0 Å². The maximum atomic E-state index is 11.3. The molecular weight excluding hydrogens is 284 g/mol. The molecule has 4 nitrogen and oxygen atoms in total. The Hall–Kier alpha value is -1.07. The molecule has 1 atom stereocenters. The minimum absolute atomic E-state index is 0.221. The van der Waals surface area contributed by atoms with Crippen molar-refractivity contribution in [2.24, 2.45) is 0 Å². The van der Waals surface area contributed by atoms with Crippen LogP contribution < -0.4 is 10.1 Å². The van der Waals surface area contributed by atoms with Crippen LogP contribution in [0.2, 0.25) is 0 Å². The minimum atomic E-state index is 0.221. The van der Waals surface area contributed by atoms with Crippen molar-refractivity contribution >= 4 is 18.4 Å². The van der Waals surface area contributed by atoms with Crippen LogP contribution in [0.15, 0.2) is 18.3 Å². The molecule has 0 aromatic carbocycles. The van der Waals surface area contributed by atoms with Crippen molar-refractivity contribution in [2.75, 3.05) is 0 Å². The van der Waals surface area contributed by atoms with E-state index in [2.05, 4.69) is 22.9 Å². The summed E-state index contributed by atoms with van der Waals surface area (Å²) in [6.07, 6.45) is 6.01. The molecule has 1 N–H and O–H groups in total. The number of ether oxygens (including phenoxy) is 1. The summed E-state index contributed by atoms with van der Waals surface area (Å²) >= 11 is 4.32. The van der Waals surface area contributed by atoms with Gasteiger partial charge in [0.05, 0.1) is 0 Å². The van der Waals surface area contributed by atoms with Crippen molar-refractivity contribution < 1.29 is 9.53 Å². The first kappa shape index (κ1) is 16.3. The fourth-order valence-electron chi connectivity index (χ4n) is 2.40. The molecular formula is C16H24N2O2S. The predicted molar refractivity (Wildman–Crippen MR) is 86.9 cm³/mol. The molecule has 5 heteroatoms. The molecule has 2 rings (SSSR count). The molecule has 1 aromatic rings. The first-order valence-corrected chi connectivity index (χ1v) is 8.16. The van der Waals surface area contributed by atoms with Crippen molar-refractivity contribution in [3.8, 4) is 5.88 Å². The molecule has 0 bridgehead atoms. The second kappa shape index (κ2) is 7.80. The standard InChI is InChI=1S/C16H24N2O2S/c1-3-14(19)6-4-12-5-7-16(17-10-12)20-15-8-13(9-15)18-11(2)21/h5,7,10-11,13,15,18,21H,3-4,6,8-9H2,1-2H3. The summed E-state index contributed by atoms with van der Waals surface area (Å²) in [5.74, 6) is 0.963. The van der Waals surface area contributed by atoms with Gasteiger partial charge in [0.15, 0.2) is 0 Å². The van der Waals surface area contributed by atoms with E-state index in [1.807, 2.05) is 32.2 Å². The van der Waals surface area contributed by atoms with Crippen LogP contribution in [0.25, 0.3) is 0 Å². The molecule has 1 aliphatic carbocycles. The summed E-state index contributed by atoms with van der Waals surface area (Å²) in [5.41, 5.74) is 1.08. The maximum absolute atomic E-state index is 11.3. The van der Waals surface area contributed by atoms with E-state index >= 15 is 0 Å². The molecule has 1 unspecified atom stereocenters. The number of hydrogen-bond donors (Lipinski definition) is 2. The minimum Gasteiger partial charge on any atom is -0.474 e. The number of nitrogens with one attached hydrogen (secondary N) is 1. The van der Waals surface area contributed by atoms with Crippen molar-refractivity contribution in [1.82, 2.24) is 10.3 Å². The van der Waals surface area contributed by atoms with Crippen molar-refractivity contribution in [2.45, 2.75) is 63.5 Å². The number of thiol groups is 1. The summed E-state index contributed by atoms with van der Waals surface area (Å²) in [4.78, 5) is 15.6. The summed E-state index contributed by atoms with van der Waals surface area (Å²) in [5, 5.41) is 3.59. The first-order valence-electron chi connectivity index (χ1n) is 7.64. The van der Waals surface area contributed by atoms with Gasteiger partial charge >= 0.3 is 0 Å². The molecule has 1 heterocycles. The molecule has 0 aliphatic heterocycles. The monoisotopic (exact) mass is 308 g/mol. The van der Waals surface area contributed by atoms with E-state index in [9.17, 15) is 4.79 Å². The van der Waals surface area contributed by atoms with Gasteiger partial charge in [0.25, 0.3) is 0 Å². The normalized spacial score (nSPS) is 22.4. The second-order valence-corrected chi connectivity index (χ2v) is 6.42. The number of carbonyl (C=O) groups is 1. The van der Waals surface area contributed by atoms with Crippen LogP contribution in [0.1, 0.15) is 45.1 Å². The summed E-state index contributed by atoms with van der Waals surface area (Å²) < 4.78 is 5.82. The van der Waals surface area contributed by atoms with Crippen LogP contribution in [0.5, 0.6) is 5.88 Å². The van der Waals surface area contributed by atoms with E-state index in [1.54, 1.807) is 0 Å². The van der Waals surface area contributed by atoms with Crippen molar-refractivity contribution in [3.63, 3.8) is 0 Å². The molecule has 0 amide bonds. The van der Waals surface area contributed by atoms with Crippen LogP contribution >= 0.6 is 12.6 Å². The van der Waals surface area contributed by atoms with Gasteiger partial charge in [-0.1, -0.05) is 13.0 Å². The van der Waals surface area contributed by atoms with Crippen LogP contribution in [0.4, 0.5) is 0 Å². The Morgan fingerprint density at radius 3 is 2.86 bits per heavy atom. The molecule has 0 saturated heterocycles. The Kier molecular flexibility index (Phi) is 6.06. The fraction of sp³-hybridized carbons (Fsp3) is 0.625. The molecule has 1 saturated carbocycles. The van der Waals surface area contributed by atoms with Gasteiger partial charge in [0.2, 0.25) is 5.88 Å². The van der Waals surface area contributed by atoms with Gasteiger partial charge in [0, 0.05) is 36.5 Å². The molecule has 1 fully saturated rings. The van der Waals surface area contributed by atoms with Gasteiger partial charge in [-0.25, -0.2) is 4.98 Å². The Bertz CT molecular complexity index is 456. The molecule has 21 heavy (non-hydrogen) atoms. The van der Waals surface area contributed by atoms with E-state index in [4.69, 9.17) is 4.74 Å². The quantitative estimate of drug-likeness (QED) is 0.573. The van der Waals surface area contributed by atoms with Gasteiger partial charge in [-0.15, -0.1) is 0 Å². The molecule has 1 aliphatic rings. The lowest BCUT2D eigenvalue weighted by atomic mass is 9.89. The highest BCUT2D eigenvalue weighted by Crippen LogP contribution is 2.25.